The number of hydrogen-bond acceptors (Lipinski definition) is 3. The first-order valence-corrected chi connectivity index (χ1v) is 6.41. The number of carbonyl (C=O) groups is 1. The van der Waals surface area contributed by atoms with E-state index in [1.807, 2.05) is 6.92 Å². The first-order chi connectivity index (χ1) is 9.42. The molecule has 112 valence electrons. The summed E-state index contributed by atoms with van der Waals surface area (Å²) in [5, 5.41) is 0. The average Bonchev–Trinajstić information content (AvgIpc) is 2.35. The van der Waals surface area contributed by atoms with Gasteiger partial charge in [-0.05, 0) is 30.9 Å². The molecular weight excluding hydrogens is 273 g/mol. The summed E-state index contributed by atoms with van der Waals surface area (Å²) in [7, 11) is 0. The Morgan fingerprint density at radius 1 is 1.25 bits per heavy atom. The molecule has 0 radical (unpaired) electrons. The molecule has 1 aromatic carbocycles. The van der Waals surface area contributed by atoms with Gasteiger partial charge in [0.25, 0.3) is 0 Å². The predicted molar refractivity (Wildman–Crippen MR) is 67.3 cm³/mol. The van der Waals surface area contributed by atoms with Crippen molar-refractivity contribution in [3.8, 4) is 5.75 Å². The van der Waals surface area contributed by atoms with Gasteiger partial charge in [0, 0.05) is 6.42 Å². The molecule has 0 amide bonds. The minimum atomic E-state index is -4.70. The first kappa shape index (κ1) is 16.3. The van der Waals surface area contributed by atoms with Gasteiger partial charge in [0.2, 0.25) is 0 Å². The number of hydrogen-bond donors (Lipinski definition) is 0. The maximum absolute atomic E-state index is 12.2. The minimum Gasteiger partial charge on any atom is -0.466 e. The summed E-state index contributed by atoms with van der Waals surface area (Å²) < 4.78 is 45.5. The molecule has 0 aliphatic rings. The lowest BCUT2D eigenvalue weighted by Crippen LogP contribution is -2.18. The number of ether oxygens (including phenoxy) is 2. The van der Waals surface area contributed by atoms with Crippen LogP contribution >= 0.6 is 0 Å². The maximum Gasteiger partial charge on any atom is 0.573 e. The van der Waals surface area contributed by atoms with Gasteiger partial charge >= 0.3 is 12.3 Å². The molecule has 0 aliphatic heterocycles. The Balaban J connectivity index is 2.46. The lowest BCUT2D eigenvalue weighted by molar-refractivity contribution is -0.274. The van der Waals surface area contributed by atoms with Gasteiger partial charge in [0.05, 0.1) is 6.61 Å². The van der Waals surface area contributed by atoms with Crippen LogP contribution in [0.5, 0.6) is 5.75 Å². The van der Waals surface area contributed by atoms with Crippen LogP contribution in [0.15, 0.2) is 24.3 Å². The summed E-state index contributed by atoms with van der Waals surface area (Å²) in [5.41, 5.74) is 0.441. The number of rotatable bonds is 7. The SMILES string of the molecule is CCCC(=O)OCCCc1ccccc1OC(F)(F)F. The highest BCUT2D eigenvalue weighted by molar-refractivity contribution is 5.69. The number of para-hydroxylation sites is 1. The Hall–Kier alpha value is -1.72. The van der Waals surface area contributed by atoms with Crippen LogP contribution in [-0.2, 0) is 16.0 Å². The molecule has 0 atom stereocenters. The van der Waals surface area contributed by atoms with E-state index in [0.29, 0.717) is 31.2 Å². The highest BCUT2D eigenvalue weighted by Crippen LogP contribution is 2.26. The zero-order chi connectivity index (χ0) is 15.0. The van der Waals surface area contributed by atoms with Gasteiger partial charge in [0.15, 0.2) is 0 Å². The number of halogens is 3. The molecule has 0 saturated heterocycles. The van der Waals surface area contributed by atoms with E-state index in [1.54, 1.807) is 12.1 Å². The lowest BCUT2D eigenvalue weighted by Gasteiger charge is -2.13. The lowest BCUT2D eigenvalue weighted by atomic mass is 10.1. The molecule has 0 aliphatic carbocycles. The van der Waals surface area contributed by atoms with Crippen molar-refractivity contribution in [3.63, 3.8) is 0 Å². The van der Waals surface area contributed by atoms with Gasteiger partial charge in [-0.1, -0.05) is 25.1 Å². The number of esters is 1. The van der Waals surface area contributed by atoms with Crippen LogP contribution < -0.4 is 4.74 Å². The van der Waals surface area contributed by atoms with Crippen LogP contribution in [0.1, 0.15) is 31.7 Å². The van der Waals surface area contributed by atoms with E-state index in [-0.39, 0.29) is 18.3 Å². The number of carbonyl (C=O) groups excluding carboxylic acids is 1. The zero-order valence-electron chi connectivity index (χ0n) is 11.2. The van der Waals surface area contributed by atoms with E-state index in [0.717, 1.165) is 0 Å². The van der Waals surface area contributed by atoms with Crippen molar-refractivity contribution < 1.29 is 27.4 Å². The second-order valence-electron chi connectivity index (χ2n) is 4.23. The molecule has 0 spiro atoms. The molecule has 20 heavy (non-hydrogen) atoms. The molecule has 3 nitrogen and oxygen atoms in total. The highest BCUT2D eigenvalue weighted by atomic mass is 19.4. The number of aryl methyl sites for hydroxylation is 1. The molecule has 6 heteroatoms. The summed E-state index contributed by atoms with van der Waals surface area (Å²) >= 11 is 0. The van der Waals surface area contributed by atoms with Gasteiger partial charge in [-0.25, -0.2) is 0 Å². The summed E-state index contributed by atoms with van der Waals surface area (Å²) in [4.78, 5) is 11.1. The van der Waals surface area contributed by atoms with Crippen molar-refractivity contribution in [2.45, 2.75) is 39.0 Å². The molecule has 0 fully saturated rings. The van der Waals surface area contributed by atoms with Gasteiger partial charge < -0.3 is 9.47 Å². The first-order valence-electron chi connectivity index (χ1n) is 6.41. The van der Waals surface area contributed by atoms with E-state index in [1.165, 1.54) is 12.1 Å². The van der Waals surface area contributed by atoms with Crippen LogP contribution in [0.2, 0.25) is 0 Å². The molecule has 0 N–H and O–H groups in total. The topological polar surface area (TPSA) is 35.5 Å². The Morgan fingerprint density at radius 3 is 2.60 bits per heavy atom. The fourth-order valence-corrected chi connectivity index (χ4v) is 1.66. The summed E-state index contributed by atoms with van der Waals surface area (Å²) in [6.45, 7) is 2.06. The van der Waals surface area contributed by atoms with Crippen LogP contribution in [0, 0.1) is 0 Å². The Morgan fingerprint density at radius 2 is 1.95 bits per heavy atom. The van der Waals surface area contributed by atoms with E-state index in [4.69, 9.17) is 4.74 Å². The molecule has 0 aromatic heterocycles. The van der Waals surface area contributed by atoms with Crippen molar-refractivity contribution in [2.75, 3.05) is 6.61 Å². The van der Waals surface area contributed by atoms with Crippen molar-refractivity contribution in [1.29, 1.82) is 0 Å². The normalized spacial score (nSPS) is 11.2. The van der Waals surface area contributed by atoms with Gasteiger partial charge in [0.1, 0.15) is 5.75 Å². The summed E-state index contributed by atoms with van der Waals surface area (Å²) in [6.07, 6.45) is -2.84. The molecular formula is C14H17F3O3. The smallest absolute Gasteiger partial charge is 0.466 e. The monoisotopic (exact) mass is 290 g/mol. The van der Waals surface area contributed by atoms with Crippen molar-refractivity contribution >= 4 is 5.97 Å². The van der Waals surface area contributed by atoms with E-state index in [9.17, 15) is 18.0 Å². The third kappa shape index (κ3) is 6.45. The van der Waals surface area contributed by atoms with Crippen LogP contribution in [-0.4, -0.2) is 18.9 Å². The second kappa shape index (κ2) is 7.77. The molecule has 0 saturated carbocycles. The van der Waals surface area contributed by atoms with Crippen LogP contribution in [0.4, 0.5) is 13.2 Å². The molecule has 0 heterocycles. The van der Waals surface area contributed by atoms with Gasteiger partial charge in [-0.3, -0.25) is 4.79 Å². The van der Waals surface area contributed by atoms with Crippen molar-refractivity contribution in [3.05, 3.63) is 29.8 Å². The second-order valence-corrected chi connectivity index (χ2v) is 4.23. The Kier molecular flexibility index (Phi) is 6.35. The molecule has 1 aromatic rings. The Bertz CT molecular complexity index is 430. The highest BCUT2D eigenvalue weighted by Gasteiger charge is 2.31. The summed E-state index contributed by atoms with van der Waals surface area (Å²) in [5.74, 6) is -0.493. The number of alkyl halides is 3. The third-order valence-corrected chi connectivity index (χ3v) is 2.51. The molecule has 0 unspecified atom stereocenters. The molecule has 1 rings (SSSR count). The fraction of sp³-hybridized carbons (Fsp3) is 0.500. The number of benzene rings is 1. The van der Waals surface area contributed by atoms with E-state index >= 15 is 0 Å². The predicted octanol–water partition coefficient (Wildman–Crippen LogP) is 3.86. The van der Waals surface area contributed by atoms with Gasteiger partial charge in [-0.2, -0.15) is 0 Å². The van der Waals surface area contributed by atoms with Crippen LogP contribution in [0.3, 0.4) is 0 Å². The standard InChI is InChI=1S/C14H17F3O3/c1-2-6-13(18)19-10-5-8-11-7-3-4-9-12(11)20-14(15,16)17/h3-4,7,9H,2,5-6,8,10H2,1H3. The third-order valence-electron chi connectivity index (χ3n) is 2.51. The van der Waals surface area contributed by atoms with Crippen molar-refractivity contribution in [2.24, 2.45) is 0 Å². The largest absolute Gasteiger partial charge is 0.573 e. The minimum absolute atomic E-state index is 0.194. The van der Waals surface area contributed by atoms with Crippen molar-refractivity contribution in [1.82, 2.24) is 0 Å². The fourth-order valence-electron chi connectivity index (χ4n) is 1.66. The van der Waals surface area contributed by atoms with E-state index in [2.05, 4.69) is 4.74 Å². The Labute approximate surface area is 115 Å². The maximum atomic E-state index is 12.2. The van der Waals surface area contributed by atoms with E-state index < -0.39 is 6.36 Å². The zero-order valence-corrected chi connectivity index (χ0v) is 11.2. The quantitative estimate of drug-likeness (QED) is 0.565. The molecule has 0 bridgehead atoms. The van der Waals surface area contributed by atoms with Crippen LogP contribution in [0.25, 0.3) is 0 Å². The van der Waals surface area contributed by atoms with Gasteiger partial charge in [-0.15, -0.1) is 13.2 Å². The average molecular weight is 290 g/mol. The summed E-state index contributed by atoms with van der Waals surface area (Å²) in [6, 6.07) is 5.95.